The van der Waals surface area contributed by atoms with Gasteiger partial charge < -0.3 is 0 Å². The summed E-state index contributed by atoms with van der Waals surface area (Å²) in [5.41, 5.74) is 2.32. The molecule has 1 aromatic heterocycles. The molecular weight excluding hydrogens is 170 g/mol. The summed E-state index contributed by atoms with van der Waals surface area (Å²) in [6.45, 7) is 2.05. The third-order valence-corrected chi connectivity index (χ3v) is 2.30. The number of hydrogen-bond donors (Lipinski definition) is 0. The van der Waals surface area contributed by atoms with Crippen molar-refractivity contribution in [1.29, 1.82) is 0 Å². The van der Waals surface area contributed by atoms with E-state index >= 15 is 0 Å². The van der Waals surface area contributed by atoms with Gasteiger partial charge in [0.2, 0.25) is 0 Å². The van der Waals surface area contributed by atoms with E-state index in [2.05, 4.69) is 27.8 Å². The molecule has 1 aromatic carbocycles. The molecule has 0 amide bonds. The molecule has 0 radical (unpaired) electrons. The van der Waals surface area contributed by atoms with Crippen molar-refractivity contribution in [3.63, 3.8) is 0 Å². The molecule has 60 valence electrons. The SMILES string of the molecule is Cc1ccccc1-c1nnns1. The van der Waals surface area contributed by atoms with Crippen LogP contribution in [-0.4, -0.2) is 14.8 Å². The largest absolute Gasteiger partial charge is 0.168 e. The fraction of sp³-hybridized carbons (Fsp3) is 0.125. The Morgan fingerprint density at radius 2 is 2.08 bits per heavy atom. The summed E-state index contributed by atoms with van der Waals surface area (Å²) in [6.07, 6.45) is 0. The molecule has 0 aliphatic rings. The van der Waals surface area contributed by atoms with Crippen molar-refractivity contribution in [1.82, 2.24) is 14.8 Å². The van der Waals surface area contributed by atoms with E-state index in [1.165, 1.54) is 17.1 Å². The molecule has 0 N–H and O–H groups in total. The Morgan fingerprint density at radius 1 is 1.25 bits per heavy atom. The van der Waals surface area contributed by atoms with Gasteiger partial charge in [-0.1, -0.05) is 28.8 Å². The molecule has 0 saturated carbocycles. The second-order valence-electron chi connectivity index (χ2n) is 2.48. The Kier molecular flexibility index (Phi) is 1.83. The van der Waals surface area contributed by atoms with E-state index < -0.39 is 0 Å². The minimum absolute atomic E-state index is 0.883. The van der Waals surface area contributed by atoms with Crippen molar-refractivity contribution in [3.8, 4) is 10.6 Å². The Labute approximate surface area is 74.2 Å². The molecule has 0 spiro atoms. The number of aromatic nitrogens is 3. The summed E-state index contributed by atoms with van der Waals surface area (Å²) in [5, 5.41) is 8.35. The molecule has 2 rings (SSSR count). The van der Waals surface area contributed by atoms with Gasteiger partial charge in [0.15, 0.2) is 5.01 Å². The lowest BCUT2D eigenvalue weighted by Gasteiger charge is -1.97. The van der Waals surface area contributed by atoms with Gasteiger partial charge in [0.05, 0.1) is 0 Å². The number of benzene rings is 1. The summed E-state index contributed by atoms with van der Waals surface area (Å²) in [7, 11) is 0. The fourth-order valence-electron chi connectivity index (χ4n) is 1.05. The quantitative estimate of drug-likeness (QED) is 0.667. The first kappa shape index (κ1) is 7.36. The second kappa shape index (κ2) is 2.98. The standard InChI is InChI=1S/C8H7N3S/c1-6-4-2-3-5-7(6)8-9-10-11-12-8/h2-5H,1H3. The first-order valence-corrected chi connectivity index (χ1v) is 4.36. The molecular formula is C8H7N3S. The summed E-state index contributed by atoms with van der Waals surface area (Å²) < 4.78 is 3.72. The third-order valence-electron chi connectivity index (χ3n) is 1.67. The fourth-order valence-corrected chi connectivity index (χ4v) is 1.60. The van der Waals surface area contributed by atoms with Gasteiger partial charge in [-0.2, -0.15) is 0 Å². The summed E-state index contributed by atoms with van der Waals surface area (Å²) >= 11 is 1.32. The molecule has 0 aliphatic heterocycles. The summed E-state index contributed by atoms with van der Waals surface area (Å²) in [4.78, 5) is 0. The minimum atomic E-state index is 0.883. The highest BCUT2D eigenvalue weighted by Gasteiger charge is 2.03. The van der Waals surface area contributed by atoms with E-state index in [9.17, 15) is 0 Å². The predicted octanol–water partition coefficient (Wildman–Crippen LogP) is 1.91. The van der Waals surface area contributed by atoms with Gasteiger partial charge in [0.1, 0.15) is 0 Å². The van der Waals surface area contributed by atoms with Crippen LogP contribution in [0.3, 0.4) is 0 Å². The lowest BCUT2D eigenvalue weighted by Crippen LogP contribution is -1.80. The third kappa shape index (κ3) is 1.21. The van der Waals surface area contributed by atoms with E-state index in [0.717, 1.165) is 10.6 Å². The van der Waals surface area contributed by atoms with Gasteiger partial charge in [0, 0.05) is 17.1 Å². The molecule has 0 bridgehead atoms. The molecule has 0 unspecified atom stereocenters. The molecule has 2 aromatic rings. The molecule has 0 atom stereocenters. The van der Waals surface area contributed by atoms with Gasteiger partial charge in [0.25, 0.3) is 0 Å². The second-order valence-corrected chi connectivity index (χ2v) is 3.22. The van der Waals surface area contributed by atoms with Crippen LogP contribution < -0.4 is 0 Å². The number of hydrogen-bond acceptors (Lipinski definition) is 4. The number of nitrogens with zero attached hydrogens (tertiary/aromatic N) is 3. The van der Waals surface area contributed by atoms with E-state index in [1.54, 1.807) is 0 Å². The first-order chi connectivity index (χ1) is 5.88. The average molecular weight is 177 g/mol. The van der Waals surface area contributed by atoms with Gasteiger partial charge >= 0.3 is 0 Å². The summed E-state index contributed by atoms with van der Waals surface area (Å²) in [6, 6.07) is 8.07. The van der Waals surface area contributed by atoms with Crippen LogP contribution in [0.5, 0.6) is 0 Å². The Bertz CT molecular complexity index is 370. The zero-order valence-electron chi connectivity index (χ0n) is 6.56. The highest BCUT2D eigenvalue weighted by Crippen LogP contribution is 2.22. The Morgan fingerprint density at radius 3 is 2.75 bits per heavy atom. The van der Waals surface area contributed by atoms with Gasteiger partial charge in [-0.05, 0) is 17.7 Å². The molecule has 12 heavy (non-hydrogen) atoms. The lowest BCUT2D eigenvalue weighted by molar-refractivity contribution is 0.961. The van der Waals surface area contributed by atoms with Crippen molar-refractivity contribution >= 4 is 11.5 Å². The lowest BCUT2D eigenvalue weighted by atomic mass is 10.1. The normalized spacial score (nSPS) is 10.1. The van der Waals surface area contributed by atoms with Crippen LogP contribution in [0, 0.1) is 6.92 Å². The highest BCUT2D eigenvalue weighted by molar-refractivity contribution is 7.08. The van der Waals surface area contributed by atoms with Crippen LogP contribution in [0.2, 0.25) is 0 Å². The molecule has 0 aliphatic carbocycles. The van der Waals surface area contributed by atoms with Crippen LogP contribution in [0.4, 0.5) is 0 Å². The van der Waals surface area contributed by atoms with Gasteiger partial charge in [-0.3, -0.25) is 0 Å². The predicted molar refractivity (Wildman–Crippen MR) is 47.9 cm³/mol. The topological polar surface area (TPSA) is 38.7 Å². The Hall–Kier alpha value is -1.29. The maximum Gasteiger partial charge on any atom is 0.168 e. The first-order valence-electron chi connectivity index (χ1n) is 3.59. The van der Waals surface area contributed by atoms with Crippen molar-refractivity contribution < 1.29 is 0 Å². The smallest absolute Gasteiger partial charge is 0.117 e. The number of rotatable bonds is 1. The molecule has 4 heteroatoms. The maximum atomic E-state index is 3.90. The summed E-state index contributed by atoms with van der Waals surface area (Å²) in [5.74, 6) is 0. The van der Waals surface area contributed by atoms with Crippen LogP contribution in [0.1, 0.15) is 5.56 Å². The van der Waals surface area contributed by atoms with Crippen molar-refractivity contribution in [2.45, 2.75) is 6.92 Å². The van der Waals surface area contributed by atoms with Crippen molar-refractivity contribution in [3.05, 3.63) is 29.8 Å². The van der Waals surface area contributed by atoms with E-state index in [0.29, 0.717) is 0 Å². The van der Waals surface area contributed by atoms with Crippen LogP contribution in [-0.2, 0) is 0 Å². The molecule has 0 fully saturated rings. The monoisotopic (exact) mass is 177 g/mol. The highest BCUT2D eigenvalue weighted by atomic mass is 32.1. The van der Waals surface area contributed by atoms with E-state index in [-0.39, 0.29) is 0 Å². The molecule has 3 nitrogen and oxygen atoms in total. The average Bonchev–Trinajstić information content (AvgIpc) is 2.57. The maximum absolute atomic E-state index is 3.90. The van der Waals surface area contributed by atoms with Gasteiger partial charge in [-0.25, -0.2) is 0 Å². The molecule has 0 saturated heterocycles. The van der Waals surface area contributed by atoms with Crippen LogP contribution in [0.25, 0.3) is 10.6 Å². The van der Waals surface area contributed by atoms with Crippen molar-refractivity contribution in [2.75, 3.05) is 0 Å². The zero-order valence-corrected chi connectivity index (χ0v) is 7.38. The molecule has 1 heterocycles. The van der Waals surface area contributed by atoms with Crippen LogP contribution >= 0.6 is 11.5 Å². The van der Waals surface area contributed by atoms with E-state index in [1.807, 2.05) is 18.2 Å². The minimum Gasteiger partial charge on any atom is -0.117 e. The van der Waals surface area contributed by atoms with Gasteiger partial charge in [-0.15, -0.1) is 5.10 Å². The van der Waals surface area contributed by atoms with Crippen molar-refractivity contribution in [2.24, 2.45) is 0 Å². The van der Waals surface area contributed by atoms with Crippen LogP contribution in [0.15, 0.2) is 24.3 Å². The van der Waals surface area contributed by atoms with E-state index in [4.69, 9.17) is 0 Å². The number of aryl methyl sites for hydroxylation is 1. The Balaban J connectivity index is 2.55. The zero-order chi connectivity index (χ0) is 8.39.